The predicted octanol–water partition coefficient (Wildman–Crippen LogP) is 6.87. The first-order valence-electron chi connectivity index (χ1n) is 11.3. The molecule has 5 rings (SSSR count). The van der Waals surface area contributed by atoms with Gasteiger partial charge < -0.3 is 14.4 Å². The van der Waals surface area contributed by atoms with Crippen molar-refractivity contribution in [2.75, 3.05) is 7.11 Å². The van der Waals surface area contributed by atoms with Gasteiger partial charge in [0.25, 0.3) is 5.91 Å². The van der Waals surface area contributed by atoms with Crippen molar-refractivity contribution in [3.8, 4) is 5.88 Å². The second-order valence-electron chi connectivity index (χ2n) is 9.72. The molecule has 0 aliphatic carbocycles. The molecule has 0 bridgehead atoms. The Labute approximate surface area is 227 Å². The van der Waals surface area contributed by atoms with Gasteiger partial charge >= 0.3 is 5.97 Å². The summed E-state index contributed by atoms with van der Waals surface area (Å²) in [5, 5.41) is 21.6. The normalized spacial score (nSPS) is 21.7. The number of azo groups is 1. The van der Waals surface area contributed by atoms with E-state index in [9.17, 15) is 14.7 Å². The summed E-state index contributed by atoms with van der Waals surface area (Å²) in [6.45, 7) is 6.26. The number of methoxy groups -OCH3 is 1. The number of aliphatic imine (C=N–C) groups is 1. The third-order valence-corrected chi connectivity index (χ3v) is 8.08. The Kier molecular flexibility index (Phi) is 6.21. The number of esters is 1. The first-order valence-corrected chi connectivity index (χ1v) is 12.9. The largest absolute Gasteiger partial charge is 0.493 e. The van der Waals surface area contributed by atoms with E-state index in [1.165, 1.54) is 7.11 Å². The van der Waals surface area contributed by atoms with Crippen LogP contribution in [-0.2, 0) is 25.3 Å². The third kappa shape index (κ3) is 4.24. The van der Waals surface area contributed by atoms with Crippen molar-refractivity contribution in [2.24, 2.45) is 15.2 Å². The van der Waals surface area contributed by atoms with Crippen LogP contribution < -0.4 is 0 Å². The molecule has 190 valence electrons. The summed E-state index contributed by atoms with van der Waals surface area (Å²) in [4.78, 5) is 27.5. The molecular weight excluding hydrogens is 535 g/mol. The molecule has 1 atom stereocenters. The molecule has 1 N–H and O–H groups in total. The van der Waals surface area contributed by atoms with Crippen LogP contribution >= 0.6 is 35.0 Å². The van der Waals surface area contributed by atoms with Crippen molar-refractivity contribution in [1.29, 1.82) is 0 Å². The van der Waals surface area contributed by atoms with E-state index in [1.807, 2.05) is 34.9 Å². The Morgan fingerprint density at radius 3 is 2.54 bits per heavy atom. The van der Waals surface area contributed by atoms with Gasteiger partial charge in [-0.2, -0.15) is 4.99 Å². The average Bonchev–Trinajstić information content (AvgIpc) is 3.32. The van der Waals surface area contributed by atoms with Crippen LogP contribution in [0.2, 0.25) is 10.0 Å². The number of halogens is 2. The van der Waals surface area contributed by atoms with Gasteiger partial charge in [-0.15, -0.1) is 10.2 Å². The molecule has 3 heterocycles. The molecule has 2 aromatic carbocycles. The Morgan fingerprint density at radius 1 is 1.16 bits per heavy atom. The number of amides is 1. The van der Waals surface area contributed by atoms with E-state index < -0.39 is 22.8 Å². The lowest BCUT2D eigenvalue weighted by Gasteiger charge is -2.45. The number of ether oxygens (including phenoxy) is 1. The van der Waals surface area contributed by atoms with Crippen LogP contribution in [0.3, 0.4) is 0 Å². The molecule has 1 aromatic heterocycles. The van der Waals surface area contributed by atoms with E-state index in [0.29, 0.717) is 21.9 Å². The summed E-state index contributed by atoms with van der Waals surface area (Å²) in [5.74, 6) is -1.35. The third-order valence-electron chi connectivity index (χ3n) is 6.74. The van der Waals surface area contributed by atoms with Gasteiger partial charge in [-0.25, -0.2) is 4.79 Å². The molecule has 0 fully saturated rings. The highest BCUT2D eigenvalue weighted by Gasteiger charge is 2.45. The van der Waals surface area contributed by atoms with Gasteiger partial charge in [0, 0.05) is 32.5 Å². The molecule has 11 heteroatoms. The topological polar surface area (TPSA) is 106 Å². The standard InChI is InChI=1S/C26H22Cl2N4O4S/c1-25(2)12-26(3,13-5-7-14(27)8-6-13)17-10-15(28)9-16-20(23(35)32(25)21(16)17)30-31-24-29-22(34)18(37-24)11-19(33)36-4/h5-11,35H,12H2,1-4H3/b18-11+,31-30?. The van der Waals surface area contributed by atoms with Crippen molar-refractivity contribution in [3.63, 3.8) is 0 Å². The highest BCUT2D eigenvalue weighted by molar-refractivity contribution is 8.18. The average molecular weight is 557 g/mol. The fourth-order valence-electron chi connectivity index (χ4n) is 5.28. The molecule has 0 radical (unpaired) electrons. The second kappa shape index (κ2) is 9.01. The van der Waals surface area contributed by atoms with Crippen LogP contribution in [0.1, 0.15) is 38.3 Å². The molecule has 0 saturated heterocycles. The highest BCUT2D eigenvalue weighted by Crippen LogP contribution is 2.55. The quantitative estimate of drug-likeness (QED) is 0.215. The zero-order valence-corrected chi connectivity index (χ0v) is 22.7. The summed E-state index contributed by atoms with van der Waals surface area (Å²) in [7, 11) is 1.22. The summed E-state index contributed by atoms with van der Waals surface area (Å²) in [5.41, 5.74) is 2.10. The second-order valence-corrected chi connectivity index (χ2v) is 11.6. The lowest BCUT2D eigenvalue weighted by Crippen LogP contribution is -2.41. The number of carbonyl (C=O) groups is 2. The van der Waals surface area contributed by atoms with Crippen LogP contribution in [0, 0.1) is 0 Å². The minimum Gasteiger partial charge on any atom is -0.493 e. The Morgan fingerprint density at radius 2 is 1.86 bits per heavy atom. The van der Waals surface area contributed by atoms with E-state index in [4.69, 9.17) is 23.2 Å². The molecule has 3 aromatic rings. The molecule has 2 aliphatic rings. The molecule has 0 saturated carbocycles. The number of hydrogen-bond acceptors (Lipinski definition) is 7. The monoisotopic (exact) mass is 556 g/mol. The first-order chi connectivity index (χ1) is 17.4. The van der Waals surface area contributed by atoms with E-state index in [-0.39, 0.29) is 21.6 Å². The Hall–Kier alpha value is -3.14. The maximum atomic E-state index is 12.1. The van der Waals surface area contributed by atoms with Gasteiger partial charge in [0.2, 0.25) is 11.0 Å². The maximum absolute atomic E-state index is 12.1. The Bertz CT molecular complexity index is 1570. The minimum absolute atomic E-state index is 0.0443. The number of rotatable bonds is 3. The zero-order chi connectivity index (χ0) is 26.7. The van der Waals surface area contributed by atoms with Crippen LogP contribution in [-0.4, -0.2) is 33.8 Å². The maximum Gasteiger partial charge on any atom is 0.331 e. The molecular formula is C26H22Cl2N4O4S. The van der Waals surface area contributed by atoms with Gasteiger partial charge in [-0.1, -0.05) is 42.3 Å². The summed E-state index contributed by atoms with van der Waals surface area (Å²) < 4.78 is 6.42. The number of carbonyl (C=O) groups excluding carboxylic acids is 2. The van der Waals surface area contributed by atoms with Crippen molar-refractivity contribution < 1.29 is 19.4 Å². The van der Waals surface area contributed by atoms with Crippen LogP contribution in [0.15, 0.2) is 62.6 Å². The number of thioether (sulfide) groups is 1. The fraction of sp³-hybridized carbons (Fsp3) is 0.269. The fourth-order valence-corrected chi connectivity index (χ4v) is 6.31. The van der Waals surface area contributed by atoms with Crippen LogP contribution in [0.4, 0.5) is 5.69 Å². The number of aromatic nitrogens is 1. The van der Waals surface area contributed by atoms with Gasteiger partial charge in [-0.3, -0.25) is 4.79 Å². The SMILES string of the molecule is COC(=O)/C=C1/SC(N=Nc2c(O)n3c4c(cc(Cl)cc24)C(C)(c2ccc(Cl)cc2)CC3(C)C)=NC1=O. The van der Waals surface area contributed by atoms with Crippen molar-refractivity contribution >= 4 is 68.6 Å². The summed E-state index contributed by atoms with van der Waals surface area (Å²) in [6.07, 6.45) is 1.72. The van der Waals surface area contributed by atoms with E-state index in [2.05, 4.69) is 40.7 Å². The van der Waals surface area contributed by atoms with Gasteiger partial charge in [0.05, 0.1) is 17.5 Å². The Balaban J connectivity index is 1.65. The van der Waals surface area contributed by atoms with E-state index in [1.54, 1.807) is 6.07 Å². The van der Waals surface area contributed by atoms with Crippen molar-refractivity contribution in [3.05, 3.63) is 68.6 Å². The van der Waals surface area contributed by atoms with Gasteiger partial charge in [-0.05, 0) is 67.4 Å². The summed E-state index contributed by atoms with van der Waals surface area (Å²) in [6, 6.07) is 11.4. The lowest BCUT2D eigenvalue weighted by atomic mass is 9.66. The molecule has 37 heavy (non-hydrogen) atoms. The highest BCUT2D eigenvalue weighted by atomic mass is 35.5. The van der Waals surface area contributed by atoms with E-state index >= 15 is 0 Å². The number of hydrogen-bond donors (Lipinski definition) is 1. The number of benzene rings is 2. The molecule has 1 unspecified atom stereocenters. The number of amidine groups is 1. The van der Waals surface area contributed by atoms with Crippen LogP contribution in [0.5, 0.6) is 5.88 Å². The smallest absolute Gasteiger partial charge is 0.331 e. The predicted molar refractivity (Wildman–Crippen MR) is 145 cm³/mol. The minimum atomic E-state index is -0.670. The zero-order valence-electron chi connectivity index (χ0n) is 20.4. The summed E-state index contributed by atoms with van der Waals surface area (Å²) >= 11 is 13.7. The molecule has 1 amide bonds. The molecule has 8 nitrogen and oxygen atoms in total. The molecule has 0 spiro atoms. The number of nitrogens with zero attached hydrogens (tertiary/aromatic N) is 4. The first kappa shape index (κ1) is 25.5. The molecule has 2 aliphatic heterocycles. The number of aromatic hydroxyl groups is 1. The van der Waals surface area contributed by atoms with E-state index in [0.717, 1.165) is 34.5 Å². The van der Waals surface area contributed by atoms with Crippen molar-refractivity contribution in [2.45, 2.75) is 38.1 Å². The lowest BCUT2D eigenvalue weighted by molar-refractivity contribution is -0.135. The van der Waals surface area contributed by atoms with Crippen LogP contribution in [0.25, 0.3) is 10.9 Å². The van der Waals surface area contributed by atoms with Gasteiger partial charge in [0.15, 0.2) is 5.69 Å². The van der Waals surface area contributed by atoms with Crippen molar-refractivity contribution in [1.82, 2.24) is 4.57 Å². The van der Waals surface area contributed by atoms with Gasteiger partial charge in [0.1, 0.15) is 0 Å².